The molecule has 1 fully saturated rings. The van der Waals surface area contributed by atoms with Crippen LogP contribution >= 0.6 is 34.5 Å². The molecule has 1 aromatic rings. The fourth-order valence-electron chi connectivity index (χ4n) is 1.94. The van der Waals surface area contributed by atoms with E-state index in [2.05, 4.69) is 0 Å². The number of hydrogen-bond donors (Lipinski definition) is 1. The van der Waals surface area contributed by atoms with Crippen molar-refractivity contribution in [3.8, 4) is 0 Å². The summed E-state index contributed by atoms with van der Waals surface area (Å²) in [4.78, 5) is 0.00922. The summed E-state index contributed by atoms with van der Waals surface area (Å²) in [5.74, 6) is 0. The molecule has 2 atom stereocenters. The Morgan fingerprint density at radius 3 is 2.74 bits per heavy atom. The minimum absolute atomic E-state index is 0.00922. The zero-order valence-electron chi connectivity index (χ0n) is 10.0. The van der Waals surface area contributed by atoms with Crippen molar-refractivity contribution >= 4 is 44.6 Å². The second kappa shape index (κ2) is 5.85. The van der Waals surface area contributed by atoms with Gasteiger partial charge in [0.25, 0.3) is 0 Å². The van der Waals surface area contributed by atoms with Crippen molar-refractivity contribution in [1.29, 1.82) is 0 Å². The van der Waals surface area contributed by atoms with E-state index in [1.807, 2.05) is 0 Å². The molecule has 2 unspecified atom stereocenters. The molecule has 1 aromatic heterocycles. The fraction of sp³-hybridized carbons (Fsp3) is 0.600. The number of aliphatic hydroxyl groups is 1. The molecule has 1 N–H and O–H groups in total. The van der Waals surface area contributed by atoms with E-state index in [1.54, 1.807) is 6.92 Å². The average Bonchev–Trinajstić information content (AvgIpc) is 2.68. The molecule has 0 saturated carbocycles. The van der Waals surface area contributed by atoms with E-state index in [4.69, 9.17) is 33.0 Å². The van der Waals surface area contributed by atoms with E-state index < -0.39 is 16.1 Å². The van der Waals surface area contributed by atoms with Gasteiger partial charge >= 0.3 is 0 Å². The number of nitrogens with zero attached hydrogens (tertiary/aromatic N) is 1. The molecule has 108 valence electrons. The molecule has 0 spiro atoms. The first-order chi connectivity index (χ1) is 8.84. The van der Waals surface area contributed by atoms with E-state index >= 15 is 0 Å². The van der Waals surface area contributed by atoms with Gasteiger partial charge in [-0.1, -0.05) is 23.2 Å². The van der Waals surface area contributed by atoms with Crippen LogP contribution in [0.2, 0.25) is 8.67 Å². The lowest BCUT2D eigenvalue weighted by molar-refractivity contribution is -0.0750. The predicted octanol–water partition coefficient (Wildman–Crippen LogP) is 1.83. The second-order valence-corrected chi connectivity index (χ2v) is 8.45. The standard InChI is InChI=1S/C10H13Cl2NO4S2/c1-6-3-13(4-7(5-14)17-6)19(15,16)8-2-9(11)18-10(8)12/h2,6-7,14H,3-5H2,1H3. The third-order valence-corrected chi connectivity index (χ3v) is 6.32. The molecule has 5 nitrogen and oxygen atoms in total. The molecule has 9 heteroatoms. The van der Waals surface area contributed by atoms with Crippen LogP contribution in [-0.2, 0) is 14.8 Å². The molecule has 2 heterocycles. The van der Waals surface area contributed by atoms with Crippen LogP contribution in [0, 0.1) is 0 Å². The summed E-state index contributed by atoms with van der Waals surface area (Å²) in [5.41, 5.74) is 0. The van der Waals surface area contributed by atoms with E-state index in [-0.39, 0.29) is 35.0 Å². The van der Waals surface area contributed by atoms with Gasteiger partial charge in [-0.15, -0.1) is 11.3 Å². The highest BCUT2D eigenvalue weighted by molar-refractivity contribution is 7.89. The summed E-state index contributed by atoms with van der Waals surface area (Å²) < 4.78 is 32.1. The molecule has 0 amide bonds. The Hall–Kier alpha value is 0.110. The summed E-state index contributed by atoms with van der Waals surface area (Å²) in [5, 5.41) is 9.13. The van der Waals surface area contributed by atoms with E-state index in [0.29, 0.717) is 4.34 Å². The third kappa shape index (κ3) is 3.24. The lowest BCUT2D eigenvalue weighted by atomic mass is 10.2. The molecule has 1 aliphatic rings. The van der Waals surface area contributed by atoms with Crippen LogP contribution in [0.3, 0.4) is 0 Å². The highest BCUT2D eigenvalue weighted by Gasteiger charge is 2.35. The number of rotatable bonds is 3. The maximum atomic E-state index is 12.5. The van der Waals surface area contributed by atoms with Gasteiger partial charge in [0.2, 0.25) is 10.0 Å². The van der Waals surface area contributed by atoms with Gasteiger partial charge in [0.15, 0.2) is 0 Å². The summed E-state index contributed by atoms with van der Waals surface area (Å²) in [7, 11) is -3.71. The Morgan fingerprint density at radius 2 is 2.21 bits per heavy atom. The molecule has 0 aliphatic carbocycles. The van der Waals surface area contributed by atoms with Crippen molar-refractivity contribution in [2.24, 2.45) is 0 Å². The molecule has 19 heavy (non-hydrogen) atoms. The van der Waals surface area contributed by atoms with Crippen molar-refractivity contribution in [3.63, 3.8) is 0 Å². The largest absolute Gasteiger partial charge is 0.394 e. The Balaban J connectivity index is 2.31. The summed E-state index contributed by atoms with van der Waals surface area (Å²) in [6, 6.07) is 1.35. The quantitative estimate of drug-likeness (QED) is 0.907. The normalized spacial score (nSPS) is 25.7. The minimum atomic E-state index is -3.71. The summed E-state index contributed by atoms with van der Waals surface area (Å²) >= 11 is 12.7. The van der Waals surface area contributed by atoms with Gasteiger partial charge in [-0.05, 0) is 13.0 Å². The first kappa shape index (κ1) is 15.5. The van der Waals surface area contributed by atoms with Crippen LogP contribution in [0.25, 0.3) is 0 Å². The first-order valence-electron chi connectivity index (χ1n) is 5.56. The number of ether oxygens (including phenoxy) is 1. The van der Waals surface area contributed by atoms with E-state index in [0.717, 1.165) is 11.3 Å². The Bertz CT molecular complexity index is 560. The fourth-order valence-corrected chi connectivity index (χ4v) is 5.60. The maximum Gasteiger partial charge on any atom is 0.245 e. The molecule has 0 radical (unpaired) electrons. The number of hydrogen-bond acceptors (Lipinski definition) is 5. The topological polar surface area (TPSA) is 66.8 Å². The Labute approximate surface area is 125 Å². The molecule has 1 aliphatic heterocycles. The van der Waals surface area contributed by atoms with Gasteiger partial charge in [-0.2, -0.15) is 4.31 Å². The molecular weight excluding hydrogens is 333 g/mol. The van der Waals surface area contributed by atoms with Crippen LogP contribution in [0.15, 0.2) is 11.0 Å². The lowest BCUT2D eigenvalue weighted by Gasteiger charge is -2.35. The highest BCUT2D eigenvalue weighted by Crippen LogP contribution is 2.36. The predicted molar refractivity (Wildman–Crippen MR) is 74.5 cm³/mol. The van der Waals surface area contributed by atoms with E-state index in [1.165, 1.54) is 10.4 Å². The molecule has 0 aromatic carbocycles. The van der Waals surface area contributed by atoms with Crippen LogP contribution in [-0.4, -0.2) is 49.7 Å². The van der Waals surface area contributed by atoms with Crippen LogP contribution in [0.5, 0.6) is 0 Å². The smallest absolute Gasteiger partial charge is 0.245 e. The summed E-state index contributed by atoms with van der Waals surface area (Å²) in [6.45, 7) is 1.86. The van der Waals surface area contributed by atoms with Crippen molar-refractivity contribution < 1.29 is 18.3 Å². The van der Waals surface area contributed by atoms with Crippen molar-refractivity contribution in [2.75, 3.05) is 19.7 Å². The van der Waals surface area contributed by atoms with Gasteiger partial charge in [0, 0.05) is 13.1 Å². The monoisotopic (exact) mass is 345 g/mol. The lowest BCUT2D eigenvalue weighted by Crippen LogP contribution is -2.50. The van der Waals surface area contributed by atoms with Crippen molar-refractivity contribution in [1.82, 2.24) is 4.31 Å². The second-order valence-electron chi connectivity index (χ2n) is 4.26. The van der Waals surface area contributed by atoms with Crippen molar-refractivity contribution in [2.45, 2.75) is 24.0 Å². The van der Waals surface area contributed by atoms with Crippen LogP contribution < -0.4 is 0 Å². The van der Waals surface area contributed by atoms with Crippen LogP contribution in [0.1, 0.15) is 6.92 Å². The highest BCUT2D eigenvalue weighted by atomic mass is 35.5. The average molecular weight is 346 g/mol. The number of aliphatic hydroxyl groups excluding tert-OH is 1. The molecule has 2 rings (SSSR count). The molecular formula is C10H13Cl2NO4S2. The van der Waals surface area contributed by atoms with E-state index in [9.17, 15) is 8.42 Å². The third-order valence-electron chi connectivity index (χ3n) is 2.74. The van der Waals surface area contributed by atoms with Gasteiger partial charge < -0.3 is 9.84 Å². The SMILES string of the molecule is CC1CN(S(=O)(=O)c2cc(Cl)sc2Cl)CC(CO)O1. The van der Waals surface area contributed by atoms with Gasteiger partial charge in [-0.3, -0.25) is 0 Å². The first-order valence-corrected chi connectivity index (χ1v) is 8.57. The Morgan fingerprint density at radius 1 is 1.53 bits per heavy atom. The number of morpholine rings is 1. The zero-order chi connectivity index (χ0) is 14.2. The van der Waals surface area contributed by atoms with Gasteiger partial charge in [0.05, 0.1) is 23.2 Å². The summed E-state index contributed by atoms with van der Waals surface area (Å²) in [6.07, 6.45) is -0.806. The van der Waals surface area contributed by atoms with Gasteiger partial charge in [-0.25, -0.2) is 8.42 Å². The zero-order valence-corrected chi connectivity index (χ0v) is 13.2. The minimum Gasteiger partial charge on any atom is -0.394 e. The van der Waals surface area contributed by atoms with Crippen LogP contribution in [0.4, 0.5) is 0 Å². The molecule has 0 bridgehead atoms. The Kier molecular flexibility index (Phi) is 4.77. The maximum absolute atomic E-state index is 12.5. The van der Waals surface area contributed by atoms with Gasteiger partial charge in [0.1, 0.15) is 9.23 Å². The number of sulfonamides is 1. The number of halogens is 2. The van der Waals surface area contributed by atoms with Crippen molar-refractivity contribution in [3.05, 3.63) is 14.7 Å². The number of thiophene rings is 1. The molecule has 1 saturated heterocycles.